The van der Waals surface area contributed by atoms with Crippen LogP contribution in [0.15, 0.2) is 107 Å². The van der Waals surface area contributed by atoms with Gasteiger partial charge in [0.1, 0.15) is 17.3 Å². The second kappa shape index (κ2) is 22.8. The van der Waals surface area contributed by atoms with Crippen molar-refractivity contribution in [3.8, 4) is 44.5 Å². The van der Waals surface area contributed by atoms with E-state index in [4.69, 9.17) is 58.8 Å². The van der Waals surface area contributed by atoms with Crippen LogP contribution in [0.4, 0.5) is 22.7 Å². The van der Waals surface area contributed by atoms with Crippen molar-refractivity contribution in [1.29, 1.82) is 0 Å². The van der Waals surface area contributed by atoms with Gasteiger partial charge in [0, 0.05) is 113 Å². The molecule has 6 N–H and O–H groups in total. The van der Waals surface area contributed by atoms with Gasteiger partial charge in [-0.25, -0.2) is 9.97 Å². The summed E-state index contributed by atoms with van der Waals surface area (Å²) in [6.07, 6.45) is 7.93. The van der Waals surface area contributed by atoms with Crippen molar-refractivity contribution in [2.45, 2.75) is 37.5 Å². The fourth-order valence-electron chi connectivity index (χ4n) is 8.88. The largest absolute Gasteiger partial charge is 0.354 e. The van der Waals surface area contributed by atoms with Crippen molar-refractivity contribution < 1.29 is 9.59 Å². The Morgan fingerprint density at radius 1 is 0.432 bits per heavy atom. The number of hydrogen-bond donors (Lipinski definition) is 10. The number of aromatic nitrogens is 4. The number of rotatable bonds is 10. The lowest BCUT2D eigenvalue weighted by Crippen LogP contribution is -2.04. The SMILES string of the molecule is CC(=O)Sc1ccc(NC(=S)S)c(-c2c3nc(c(-c4cc(SC(C)=O)ccc4NC(=S)S)c4ccc([nH]4)c(-c4cc(C)ccc4NC(=S)S)c4nc(c(-c5cc(C)ccc5NC(=S)S)c5ccc2[nH]5)C=C4)C=C3)c1. The van der Waals surface area contributed by atoms with Gasteiger partial charge in [-0.3, -0.25) is 9.59 Å². The number of thiocarbonyl (C=S) groups is 4. The number of thioether (sulfide) groups is 2. The van der Waals surface area contributed by atoms with Gasteiger partial charge in [-0.15, -0.1) is 50.5 Å². The number of anilines is 4. The Morgan fingerprint density at radius 3 is 0.973 bits per heavy atom. The van der Waals surface area contributed by atoms with E-state index < -0.39 is 0 Å². The second-order valence-corrected chi connectivity index (χ2v) is 24.1. The van der Waals surface area contributed by atoms with Crippen molar-refractivity contribution in [1.82, 2.24) is 19.9 Å². The van der Waals surface area contributed by atoms with Gasteiger partial charge in [-0.2, -0.15) is 0 Å². The summed E-state index contributed by atoms with van der Waals surface area (Å²) in [4.78, 5) is 45.4. The first-order valence-electron chi connectivity index (χ1n) is 22.4. The van der Waals surface area contributed by atoms with Gasteiger partial charge >= 0.3 is 0 Å². The molecule has 0 fully saturated rings. The number of benzene rings is 4. The number of nitrogens with one attached hydrogen (secondary N) is 6. The third-order valence-corrected chi connectivity index (χ3v) is 14.1. The summed E-state index contributed by atoms with van der Waals surface area (Å²) in [6, 6.07) is 31.6. The maximum atomic E-state index is 12.7. The summed E-state index contributed by atoms with van der Waals surface area (Å²) >= 11 is 42.3. The number of H-pyrrole nitrogens is 2. The lowest BCUT2D eigenvalue weighted by atomic mass is 9.99. The first kappa shape index (κ1) is 53.3. The number of aryl methyl sites for hydroxylation is 2. The van der Waals surface area contributed by atoms with E-state index in [-0.39, 0.29) is 18.9 Å². The average Bonchev–Trinajstić information content (AvgIpc) is 4.17. The molecule has 20 heteroatoms. The highest BCUT2D eigenvalue weighted by Gasteiger charge is 2.24. The van der Waals surface area contributed by atoms with Crippen molar-refractivity contribution >= 4 is 220 Å². The van der Waals surface area contributed by atoms with Crippen LogP contribution in [-0.2, 0) is 9.59 Å². The lowest BCUT2D eigenvalue weighted by Gasteiger charge is -2.15. The summed E-state index contributed by atoms with van der Waals surface area (Å²) < 4.78 is 1.07. The fraction of sp³-hybridized carbons (Fsp3) is 0.0741. The predicted octanol–water partition coefficient (Wildman–Crippen LogP) is 15.7. The number of carbonyl (C=O) groups excluding carboxylic acids is 2. The van der Waals surface area contributed by atoms with E-state index in [1.807, 2.05) is 123 Å². The molecule has 0 amide bonds. The molecule has 0 aliphatic carbocycles. The fourth-order valence-corrected chi connectivity index (χ4v) is 11.1. The standard InChI is InChI=1S/C54H42N8O2S10/c1-25-5-9-35(59-51(65)66)31(21-25)47-39-13-14-40(55-39)48(32-22-26(2)6-10-36(32)60-52(67)68)42-16-18-44(57-42)50(34-24-30(74-28(4)64)8-12-38(34)62-54(71)72)46-20-19-45(58-46)49(43-17-15-41(47)56-43)33-23-29(73-27(3)63)7-11-37(33)61-53(69)70/h5-24,56-57H,1-4H3,(H2,59,65,66)(H2,60,67,68)(H2,61,69,70)(H2,62,71,72). The summed E-state index contributed by atoms with van der Waals surface area (Å²) in [5.74, 6) is 0. The minimum absolute atomic E-state index is 0.0791. The van der Waals surface area contributed by atoms with E-state index in [0.717, 1.165) is 79.3 Å². The van der Waals surface area contributed by atoms with Crippen LogP contribution >= 0.6 is 123 Å². The van der Waals surface area contributed by atoms with Crippen molar-refractivity contribution in [2.24, 2.45) is 0 Å². The molecule has 0 saturated heterocycles. The molecule has 4 aromatic carbocycles. The highest BCUT2D eigenvalue weighted by atomic mass is 32.2. The Hall–Kier alpha value is -5.52. The molecule has 0 atom stereocenters. The number of thiol groups is 4. The normalized spacial score (nSPS) is 11.6. The molecular weight excluding hydrogens is 1110 g/mol. The number of fused-ring (bicyclic) bond motifs is 8. The average molecular weight is 1160 g/mol. The molecule has 0 saturated carbocycles. The van der Waals surface area contributed by atoms with E-state index in [9.17, 15) is 9.59 Å². The molecule has 5 heterocycles. The van der Waals surface area contributed by atoms with Crippen LogP contribution in [0.1, 0.15) is 47.8 Å². The Morgan fingerprint density at radius 2 is 0.703 bits per heavy atom. The van der Waals surface area contributed by atoms with Crippen molar-refractivity contribution in [2.75, 3.05) is 21.3 Å². The first-order valence-corrected chi connectivity index (χ1v) is 27.5. The summed E-state index contributed by atoms with van der Waals surface area (Å²) in [6.45, 7) is 7.13. The van der Waals surface area contributed by atoms with Crippen LogP contribution in [0.3, 0.4) is 0 Å². The zero-order valence-electron chi connectivity index (χ0n) is 39.5. The molecule has 9 rings (SSSR count). The van der Waals surface area contributed by atoms with E-state index in [0.29, 0.717) is 85.9 Å². The molecule has 7 aromatic rings. The molecule has 10 nitrogen and oxygen atoms in total. The van der Waals surface area contributed by atoms with Crippen LogP contribution < -0.4 is 21.3 Å². The molecule has 0 unspecified atom stereocenters. The summed E-state index contributed by atoms with van der Waals surface area (Å²) in [5, 5.41) is 13.0. The van der Waals surface area contributed by atoms with E-state index in [1.165, 1.54) is 13.8 Å². The molecule has 74 heavy (non-hydrogen) atoms. The Labute approximate surface area is 479 Å². The third kappa shape index (κ3) is 11.9. The maximum absolute atomic E-state index is 12.7. The number of carbonyl (C=O) groups is 2. The van der Waals surface area contributed by atoms with E-state index in [2.05, 4.69) is 93.9 Å². The number of aromatic amines is 2. The van der Waals surface area contributed by atoms with Gasteiger partial charge in [0.2, 0.25) is 0 Å². The smallest absolute Gasteiger partial charge is 0.190 e. The molecule has 2 aliphatic heterocycles. The van der Waals surface area contributed by atoms with Crippen LogP contribution in [0.5, 0.6) is 0 Å². The molecule has 0 radical (unpaired) electrons. The minimum Gasteiger partial charge on any atom is -0.354 e. The molecular formula is C54H42N8O2S10. The quantitative estimate of drug-likeness (QED) is 0.0361. The predicted molar refractivity (Wildman–Crippen MR) is 344 cm³/mol. The zero-order valence-corrected chi connectivity index (χ0v) is 48.0. The third-order valence-electron chi connectivity index (χ3n) is 11.7. The van der Waals surface area contributed by atoms with Gasteiger partial charge in [-0.1, -0.05) is 95.7 Å². The molecule has 0 spiro atoms. The molecule has 370 valence electrons. The highest BCUT2D eigenvalue weighted by molar-refractivity contribution is 8.14. The summed E-state index contributed by atoms with van der Waals surface area (Å²) in [7, 11) is 0. The van der Waals surface area contributed by atoms with Crippen LogP contribution in [0.25, 0.3) is 90.9 Å². The van der Waals surface area contributed by atoms with E-state index in [1.54, 1.807) is 0 Å². The van der Waals surface area contributed by atoms with Crippen molar-refractivity contribution in [3.63, 3.8) is 0 Å². The maximum Gasteiger partial charge on any atom is 0.190 e. The summed E-state index contributed by atoms with van der Waals surface area (Å²) in [5.41, 5.74) is 15.9. The van der Waals surface area contributed by atoms with Crippen molar-refractivity contribution in [3.05, 3.63) is 131 Å². The lowest BCUT2D eigenvalue weighted by molar-refractivity contribution is -0.109. The molecule has 2 aliphatic rings. The van der Waals surface area contributed by atoms with Gasteiger partial charge < -0.3 is 31.2 Å². The first-order chi connectivity index (χ1) is 35.4. The van der Waals surface area contributed by atoms with Crippen LogP contribution in [-0.4, -0.2) is 47.4 Å². The van der Waals surface area contributed by atoms with Crippen LogP contribution in [0, 0.1) is 13.8 Å². The number of nitrogens with zero attached hydrogens (tertiary/aromatic N) is 2. The van der Waals surface area contributed by atoms with Gasteiger partial charge in [0.05, 0.1) is 22.8 Å². The second-order valence-electron chi connectivity index (χ2n) is 16.9. The molecule has 8 bridgehead atoms. The van der Waals surface area contributed by atoms with Gasteiger partial charge in [-0.05, 0) is 123 Å². The van der Waals surface area contributed by atoms with Crippen LogP contribution in [0.2, 0.25) is 0 Å². The Bertz CT molecular complexity index is 3580. The zero-order chi connectivity index (χ0) is 52.5. The topological polar surface area (TPSA) is 140 Å². The minimum atomic E-state index is -0.0791. The molecule has 3 aromatic heterocycles. The number of hydrogen-bond acceptors (Lipinski definition) is 10. The van der Waals surface area contributed by atoms with Gasteiger partial charge in [0.15, 0.2) is 10.2 Å². The van der Waals surface area contributed by atoms with Gasteiger partial charge in [0.25, 0.3) is 0 Å². The highest BCUT2D eigenvalue weighted by Crippen LogP contribution is 2.45. The Balaban J connectivity index is 1.54. The van der Waals surface area contributed by atoms with E-state index >= 15 is 0 Å². The monoisotopic (exact) mass is 1150 g/mol. The Kier molecular flexibility index (Phi) is 16.4.